The Kier molecular flexibility index (Phi) is 5.33. The summed E-state index contributed by atoms with van der Waals surface area (Å²) in [5.74, 6) is -0.670. The molecule has 2 aromatic heterocycles. The number of sulfone groups is 1. The summed E-state index contributed by atoms with van der Waals surface area (Å²) in [7, 11) is -3.72. The summed E-state index contributed by atoms with van der Waals surface area (Å²) in [6.45, 7) is 3.87. The summed E-state index contributed by atoms with van der Waals surface area (Å²) in [6, 6.07) is 7.01. The summed E-state index contributed by atoms with van der Waals surface area (Å²) < 4.78 is 23.6. The fraction of sp³-hybridized carbons (Fsp3) is 0.176. The van der Waals surface area contributed by atoms with E-state index in [1.54, 1.807) is 11.3 Å². The van der Waals surface area contributed by atoms with Gasteiger partial charge in [0.25, 0.3) is 11.6 Å². The fourth-order valence-electron chi connectivity index (χ4n) is 2.44. The van der Waals surface area contributed by atoms with E-state index >= 15 is 0 Å². The molecule has 0 aliphatic rings. The van der Waals surface area contributed by atoms with Crippen LogP contribution < -0.4 is 5.32 Å². The first-order valence-electron chi connectivity index (χ1n) is 7.90. The lowest BCUT2D eigenvalue weighted by molar-refractivity contribution is -0.385. The van der Waals surface area contributed by atoms with E-state index in [2.05, 4.69) is 10.3 Å². The van der Waals surface area contributed by atoms with Gasteiger partial charge in [0.1, 0.15) is 0 Å². The maximum absolute atomic E-state index is 12.6. The van der Waals surface area contributed by atoms with Gasteiger partial charge >= 0.3 is 0 Å². The molecule has 1 N–H and O–H groups in total. The molecule has 11 heteroatoms. The number of benzene rings is 1. The maximum atomic E-state index is 12.6. The van der Waals surface area contributed by atoms with Crippen LogP contribution in [0.25, 0.3) is 10.6 Å². The van der Waals surface area contributed by atoms with E-state index < -0.39 is 26.4 Å². The standard InChI is InChI=1S/C17H15N3O5S3/c1-9-4-5-14(26-9)15-10(2)27-17(18-15)19-16(21)11-6-12(20(22)23)8-13(7-11)28(3,24)25/h4-8H,1-3H3,(H,18,19,21). The monoisotopic (exact) mass is 437 g/mol. The van der Waals surface area contributed by atoms with Crippen LogP contribution in [0.1, 0.15) is 20.1 Å². The molecule has 0 bridgehead atoms. The molecule has 1 amide bonds. The van der Waals surface area contributed by atoms with E-state index in [1.165, 1.54) is 11.3 Å². The van der Waals surface area contributed by atoms with Crippen LogP contribution in [0.5, 0.6) is 0 Å². The van der Waals surface area contributed by atoms with E-state index in [-0.39, 0.29) is 10.5 Å². The van der Waals surface area contributed by atoms with Crippen molar-refractivity contribution in [2.75, 3.05) is 11.6 Å². The molecule has 146 valence electrons. The predicted octanol–water partition coefficient (Wildman–Crippen LogP) is 4.05. The highest BCUT2D eigenvalue weighted by Crippen LogP contribution is 2.34. The van der Waals surface area contributed by atoms with Crippen molar-refractivity contribution in [2.24, 2.45) is 0 Å². The second-order valence-electron chi connectivity index (χ2n) is 6.03. The van der Waals surface area contributed by atoms with E-state index in [9.17, 15) is 23.3 Å². The van der Waals surface area contributed by atoms with Crippen molar-refractivity contribution >= 4 is 49.2 Å². The fourth-order valence-corrected chi connectivity index (χ4v) is 4.92. The number of nitro groups is 1. The van der Waals surface area contributed by atoms with Crippen molar-refractivity contribution in [1.29, 1.82) is 0 Å². The number of nitrogens with zero attached hydrogens (tertiary/aromatic N) is 2. The van der Waals surface area contributed by atoms with Gasteiger partial charge in [0, 0.05) is 33.7 Å². The number of nitrogens with one attached hydrogen (secondary N) is 1. The summed E-state index contributed by atoms with van der Waals surface area (Å²) in [6.07, 6.45) is 0.924. The molecule has 0 spiro atoms. The zero-order valence-electron chi connectivity index (χ0n) is 15.0. The van der Waals surface area contributed by atoms with Gasteiger partial charge in [-0.15, -0.1) is 22.7 Å². The summed E-state index contributed by atoms with van der Waals surface area (Å²) in [4.78, 5) is 30.1. The molecule has 2 heterocycles. The van der Waals surface area contributed by atoms with Gasteiger partial charge in [0.15, 0.2) is 15.0 Å². The second kappa shape index (κ2) is 7.41. The number of hydrogen-bond donors (Lipinski definition) is 1. The van der Waals surface area contributed by atoms with E-state index in [0.717, 1.165) is 44.8 Å². The molecular weight excluding hydrogens is 422 g/mol. The molecule has 0 aliphatic heterocycles. The zero-order valence-corrected chi connectivity index (χ0v) is 17.5. The Balaban J connectivity index is 1.93. The largest absolute Gasteiger partial charge is 0.298 e. The van der Waals surface area contributed by atoms with Crippen molar-refractivity contribution in [2.45, 2.75) is 18.7 Å². The van der Waals surface area contributed by atoms with E-state index in [4.69, 9.17) is 0 Å². The number of rotatable bonds is 5. The molecule has 0 radical (unpaired) electrons. The summed E-state index contributed by atoms with van der Waals surface area (Å²) >= 11 is 2.86. The number of thiophene rings is 1. The lowest BCUT2D eigenvalue weighted by atomic mass is 10.2. The van der Waals surface area contributed by atoms with Gasteiger partial charge in [-0.25, -0.2) is 13.4 Å². The molecule has 3 rings (SSSR count). The number of non-ortho nitro benzene ring substituents is 1. The van der Waals surface area contributed by atoms with Gasteiger partial charge in [-0.1, -0.05) is 0 Å². The molecule has 1 aromatic carbocycles. The third kappa shape index (κ3) is 4.26. The van der Waals surface area contributed by atoms with E-state index in [0.29, 0.717) is 5.13 Å². The highest BCUT2D eigenvalue weighted by atomic mass is 32.2. The van der Waals surface area contributed by atoms with E-state index in [1.807, 2.05) is 26.0 Å². The van der Waals surface area contributed by atoms with Gasteiger partial charge in [0.05, 0.1) is 20.4 Å². The van der Waals surface area contributed by atoms with Gasteiger partial charge in [-0.2, -0.15) is 0 Å². The smallest absolute Gasteiger partial charge is 0.271 e. The number of thiazole rings is 1. The molecule has 3 aromatic rings. The third-order valence-electron chi connectivity index (χ3n) is 3.78. The van der Waals surface area contributed by atoms with Crippen LogP contribution >= 0.6 is 22.7 Å². The van der Waals surface area contributed by atoms with Gasteiger partial charge in [-0.05, 0) is 32.0 Å². The lowest BCUT2D eigenvalue weighted by Gasteiger charge is -2.05. The van der Waals surface area contributed by atoms with Crippen LogP contribution in [-0.2, 0) is 9.84 Å². The topological polar surface area (TPSA) is 119 Å². The predicted molar refractivity (Wildman–Crippen MR) is 109 cm³/mol. The van der Waals surface area contributed by atoms with Gasteiger partial charge in [0.2, 0.25) is 0 Å². The molecule has 0 saturated heterocycles. The molecule has 0 aliphatic carbocycles. The summed E-state index contributed by atoms with van der Waals surface area (Å²) in [5, 5.41) is 14.0. The van der Waals surface area contributed by atoms with Crippen molar-refractivity contribution in [3.05, 3.63) is 55.8 Å². The number of hydrogen-bond acceptors (Lipinski definition) is 8. The molecule has 0 unspecified atom stereocenters. The normalized spacial score (nSPS) is 11.4. The minimum absolute atomic E-state index is 0.129. The third-order valence-corrected chi connectivity index (χ3v) is 6.77. The van der Waals surface area contributed by atoms with Crippen molar-refractivity contribution < 1.29 is 18.1 Å². The Hall–Kier alpha value is -2.63. The number of aromatic nitrogens is 1. The van der Waals surface area contributed by atoms with Crippen molar-refractivity contribution in [1.82, 2.24) is 4.98 Å². The average molecular weight is 438 g/mol. The maximum Gasteiger partial charge on any atom is 0.271 e. The SMILES string of the molecule is Cc1ccc(-c2nc(NC(=O)c3cc([N+](=O)[O-])cc(S(C)(=O)=O)c3)sc2C)s1. The number of nitro benzene ring substituents is 1. The first-order chi connectivity index (χ1) is 13.0. The second-order valence-corrected chi connectivity index (χ2v) is 10.5. The van der Waals surface area contributed by atoms with Crippen molar-refractivity contribution in [3.63, 3.8) is 0 Å². The Morgan fingerprint density at radius 1 is 1.18 bits per heavy atom. The Bertz CT molecular complexity index is 1190. The number of amides is 1. The molecule has 28 heavy (non-hydrogen) atoms. The highest BCUT2D eigenvalue weighted by Gasteiger charge is 2.20. The number of aryl methyl sites for hydroxylation is 2. The molecule has 0 atom stereocenters. The Morgan fingerprint density at radius 3 is 2.46 bits per heavy atom. The number of carbonyl (C=O) groups excluding carboxylic acids is 1. The molecular formula is C17H15N3O5S3. The van der Waals surface area contributed by atoms with Gasteiger partial charge < -0.3 is 0 Å². The Labute approximate surface area is 168 Å². The van der Waals surface area contributed by atoms with Crippen LogP contribution in [0.4, 0.5) is 10.8 Å². The Morgan fingerprint density at radius 2 is 1.89 bits per heavy atom. The number of anilines is 1. The van der Waals surface area contributed by atoms with Crippen LogP contribution in [0.15, 0.2) is 35.2 Å². The van der Waals surface area contributed by atoms with Crippen molar-refractivity contribution in [3.8, 4) is 10.6 Å². The first kappa shape index (κ1) is 20.1. The quantitative estimate of drug-likeness (QED) is 0.475. The minimum Gasteiger partial charge on any atom is -0.298 e. The highest BCUT2D eigenvalue weighted by molar-refractivity contribution is 7.90. The van der Waals surface area contributed by atoms with Crippen LogP contribution in [0.3, 0.4) is 0 Å². The minimum atomic E-state index is -3.72. The molecule has 0 fully saturated rings. The average Bonchev–Trinajstić information content (AvgIpc) is 3.19. The lowest BCUT2D eigenvalue weighted by Crippen LogP contribution is -2.13. The van der Waals surface area contributed by atoms with Gasteiger partial charge in [-0.3, -0.25) is 20.2 Å². The summed E-state index contributed by atoms with van der Waals surface area (Å²) in [5.41, 5.74) is 0.156. The van der Waals surface area contributed by atoms with Crippen LogP contribution in [0.2, 0.25) is 0 Å². The van der Waals surface area contributed by atoms with Crippen LogP contribution in [0, 0.1) is 24.0 Å². The van der Waals surface area contributed by atoms with Crippen LogP contribution in [-0.4, -0.2) is 30.5 Å². The zero-order chi connectivity index (χ0) is 20.6. The molecule has 0 saturated carbocycles. The number of carbonyl (C=O) groups is 1. The molecule has 8 nitrogen and oxygen atoms in total. The first-order valence-corrected chi connectivity index (χ1v) is 11.4.